The molecule has 0 aromatic rings. The number of aliphatic hydroxyl groups is 2. The van der Waals surface area contributed by atoms with Crippen LogP contribution >= 0.6 is 0 Å². The van der Waals surface area contributed by atoms with Crippen molar-refractivity contribution < 1.29 is 24.4 Å². The zero-order valence-corrected chi connectivity index (χ0v) is 9.59. The molecular formula is C11H20O5. The fourth-order valence-corrected chi connectivity index (χ4v) is 2.50. The van der Waals surface area contributed by atoms with Gasteiger partial charge in [-0.05, 0) is 13.3 Å². The van der Waals surface area contributed by atoms with Gasteiger partial charge >= 0.3 is 0 Å². The van der Waals surface area contributed by atoms with E-state index in [1.54, 1.807) is 0 Å². The Kier molecular flexibility index (Phi) is 3.81. The summed E-state index contributed by atoms with van der Waals surface area (Å²) in [5, 5.41) is 19.1. The molecule has 2 N–H and O–H groups in total. The van der Waals surface area contributed by atoms with Crippen molar-refractivity contribution in [2.75, 3.05) is 19.8 Å². The minimum atomic E-state index is -0.778. The standard InChI is InChI=1S/C11H20O5/c1-2-14-8-6-11(4-3-5-15-11)16-9(7-12)10(8)13/h8-10,12-13H,2-7H2,1H3/t8-,9-,10+,11-/m1/s1. The van der Waals surface area contributed by atoms with Crippen molar-refractivity contribution in [3.05, 3.63) is 0 Å². The molecule has 2 heterocycles. The predicted octanol–water partition coefficient (Wildman–Crippen LogP) is 0.0403. The monoisotopic (exact) mass is 232 g/mol. The van der Waals surface area contributed by atoms with Crippen molar-refractivity contribution >= 4 is 0 Å². The lowest BCUT2D eigenvalue weighted by Gasteiger charge is -2.43. The van der Waals surface area contributed by atoms with Gasteiger partial charge in [0.25, 0.3) is 0 Å². The Bertz CT molecular complexity index is 226. The molecule has 0 amide bonds. The molecule has 0 unspecified atom stereocenters. The van der Waals surface area contributed by atoms with E-state index < -0.39 is 18.0 Å². The molecule has 94 valence electrons. The lowest BCUT2D eigenvalue weighted by atomic mass is 9.94. The van der Waals surface area contributed by atoms with Crippen LogP contribution in [0.2, 0.25) is 0 Å². The molecule has 0 aromatic heterocycles. The van der Waals surface area contributed by atoms with Crippen molar-refractivity contribution in [1.82, 2.24) is 0 Å². The lowest BCUT2D eigenvalue weighted by molar-refractivity contribution is -0.311. The van der Waals surface area contributed by atoms with Crippen molar-refractivity contribution in [1.29, 1.82) is 0 Å². The first kappa shape index (κ1) is 12.3. The van der Waals surface area contributed by atoms with Crippen LogP contribution in [-0.2, 0) is 14.2 Å². The van der Waals surface area contributed by atoms with Crippen LogP contribution in [0, 0.1) is 0 Å². The minimum absolute atomic E-state index is 0.212. The van der Waals surface area contributed by atoms with E-state index in [1.165, 1.54) is 0 Å². The third kappa shape index (κ3) is 2.24. The van der Waals surface area contributed by atoms with Gasteiger partial charge in [0, 0.05) is 19.4 Å². The summed E-state index contributed by atoms with van der Waals surface area (Å²) < 4.78 is 16.8. The van der Waals surface area contributed by atoms with E-state index in [9.17, 15) is 10.2 Å². The molecule has 2 aliphatic rings. The predicted molar refractivity (Wildman–Crippen MR) is 55.9 cm³/mol. The third-order valence-corrected chi connectivity index (χ3v) is 3.27. The highest BCUT2D eigenvalue weighted by Crippen LogP contribution is 2.38. The minimum Gasteiger partial charge on any atom is -0.394 e. The zero-order chi connectivity index (χ0) is 11.6. The van der Waals surface area contributed by atoms with E-state index in [0.29, 0.717) is 19.6 Å². The SMILES string of the molecule is CCO[C@@H]1C[C@@]2(CCCO2)O[C@H](CO)[C@H]1O. The quantitative estimate of drug-likeness (QED) is 0.719. The van der Waals surface area contributed by atoms with Gasteiger partial charge in [0.2, 0.25) is 0 Å². The largest absolute Gasteiger partial charge is 0.394 e. The van der Waals surface area contributed by atoms with Crippen LogP contribution in [0.1, 0.15) is 26.2 Å². The normalized spacial score (nSPS) is 44.1. The smallest absolute Gasteiger partial charge is 0.171 e. The van der Waals surface area contributed by atoms with E-state index >= 15 is 0 Å². The van der Waals surface area contributed by atoms with Gasteiger partial charge < -0.3 is 24.4 Å². The van der Waals surface area contributed by atoms with Crippen LogP contribution in [0.5, 0.6) is 0 Å². The number of aliphatic hydroxyl groups excluding tert-OH is 2. The molecule has 0 aliphatic carbocycles. The Morgan fingerprint density at radius 1 is 1.50 bits per heavy atom. The van der Waals surface area contributed by atoms with Crippen LogP contribution in [0.4, 0.5) is 0 Å². The molecule has 2 rings (SSSR count). The van der Waals surface area contributed by atoms with Gasteiger partial charge in [0.15, 0.2) is 5.79 Å². The van der Waals surface area contributed by atoms with Crippen molar-refractivity contribution in [2.45, 2.75) is 50.3 Å². The second-order valence-electron chi connectivity index (χ2n) is 4.39. The van der Waals surface area contributed by atoms with Gasteiger partial charge in [0.05, 0.1) is 19.3 Å². The summed E-state index contributed by atoms with van der Waals surface area (Å²) in [6.07, 6.45) is 0.600. The van der Waals surface area contributed by atoms with E-state index in [1.807, 2.05) is 6.92 Å². The molecule has 0 bridgehead atoms. The first-order valence-corrected chi connectivity index (χ1v) is 5.93. The third-order valence-electron chi connectivity index (χ3n) is 3.27. The van der Waals surface area contributed by atoms with Gasteiger partial charge in [-0.25, -0.2) is 0 Å². The Hall–Kier alpha value is -0.200. The van der Waals surface area contributed by atoms with Crippen molar-refractivity contribution in [3.8, 4) is 0 Å². The molecule has 0 radical (unpaired) electrons. The van der Waals surface area contributed by atoms with Gasteiger partial charge in [-0.3, -0.25) is 0 Å². The van der Waals surface area contributed by atoms with Crippen LogP contribution in [0.25, 0.3) is 0 Å². The van der Waals surface area contributed by atoms with E-state index in [4.69, 9.17) is 14.2 Å². The summed E-state index contributed by atoms with van der Waals surface area (Å²) in [7, 11) is 0. The summed E-state index contributed by atoms with van der Waals surface area (Å²) in [4.78, 5) is 0. The maximum absolute atomic E-state index is 9.94. The molecule has 2 saturated heterocycles. The molecule has 0 aromatic carbocycles. The van der Waals surface area contributed by atoms with Gasteiger partial charge in [-0.15, -0.1) is 0 Å². The summed E-state index contributed by atoms with van der Waals surface area (Å²) in [6.45, 7) is 2.89. The lowest BCUT2D eigenvalue weighted by Crippen LogP contribution is -2.56. The summed E-state index contributed by atoms with van der Waals surface area (Å²) >= 11 is 0. The highest BCUT2D eigenvalue weighted by molar-refractivity contribution is 4.92. The highest BCUT2D eigenvalue weighted by atomic mass is 16.7. The van der Waals surface area contributed by atoms with E-state index in [2.05, 4.69) is 0 Å². The molecule has 0 saturated carbocycles. The molecule has 5 nitrogen and oxygen atoms in total. The Labute approximate surface area is 95.3 Å². The van der Waals surface area contributed by atoms with Crippen LogP contribution in [-0.4, -0.2) is 54.1 Å². The Balaban J connectivity index is 2.08. The van der Waals surface area contributed by atoms with Gasteiger partial charge in [0.1, 0.15) is 12.2 Å². The fourth-order valence-electron chi connectivity index (χ4n) is 2.50. The summed E-state index contributed by atoms with van der Waals surface area (Å²) in [5.41, 5.74) is 0. The molecular weight excluding hydrogens is 212 g/mol. The van der Waals surface area contributed by atoms with Crippen molar-refractivity contribution in [3.63, 3.8) is 0 Å². The second kappa shape index (κ2) is 4.98. The number of hydrogen-bond donors (Lipinski definition) is 2. The van der Waals surface area contributed by atoms with Crippen LogP contribution in [0.15, 0.2) is 0 Å². The molecule has 16 heavy (non-hydrogen) atoms. The van der Waals surface area contributed by atoms with E-state index in [-0.39, 0.29) is 12.7 Å². The number of rotatable bonds is 3. The first-order valence-electron chi connectivity index (χ1n) is 5.93. The maximum Gasteiger partial charge on any atom is 0.171 e. The second-order valence-corrected chi connectivity index (χ2v) is 4.39. The van der Waals surface area contributed by atoms with Crippen LogP contribution in [0.3, 0.4) is 0 Å². The zero-order valence-electron chi connectivity index (χ0n) is 9.59. The average Bonchev–Trinajstić information content (AvgIpc) is 2.72. The Morgan fingerprint density at radius 2 is 2.31 bits per heavy atom. The molecule has 5 heteroatoms. The summed E-state index contributed by atoms with van der Waals surface area (Å²) in [6, 6.07) is 0. The molecule has 2 aliphatic heterocycles. The highest BCUT2D eigenvalue weighted by Gasteiger charge is 2.49. The van der Waals surface area contributed by atoms with E-state index in [0.717, 1.165) is 12.8 Å². The molecule has 2 fully saturated rings. The fraction of sp³-hybridized carbons (Fsp3) is 1.00. The molecule has 1 spiro atoms. The van der Waals surface area contributed by atoms with Crippen molar-refractivity contribution in [2.24, 2.45) is 0 Å². The maximum atomic E-state index is 9.94. The number of hydrogen-bond acceptors (Lipinski definition) is 5. The van der Waals surface area contributed by atoms with Gasteiger partial charge in [-0.1, -0.05) is 0 Å². The Morgan fingerprint density at radius 3 is 2.88 bits per heavy atom. The molecule has 4 atom stereocenters. The number of ether oxygens (including phenoxy) is 3. The topological polar surface area (TPSA) is 68.2 Å². The first-order chi connectivity index (χ1) is 7.71. The van der Waals surface area contributed by atoms with Gasteiger partial charge in [-0.2, -0.15) is 0 Å². The summed E-state index contributed by atoms with van der Waals surface area (Å²) in [5.74, 6) is -0.646. The van der Waals surface area contributed by atoms with Crippen LogP contribution < -0.4 is 0 Å². The average molecular weight is 232 g/mol.